The van der Waals surface area contributed by atoms with Crippen molar-refractivity contribution in [2.75, 3.05) is 27.9 Å². The second kappa shape index (κ2) is 5.11. The Morgan fingerprint density at radius 2 is 1.70 bits per heavy atom. The van der Waals surface area contributed by atoms with Crippen molar-refractivity contribution in [2.24, 2.45) is 0 Å². The maximum atomic E-state index is 4.97. The molecule has 0 amide bonds. The summed E-state index contributed by atoms with van der Waals surface area (Å²) >= 11 is 0. The maximum Gasteiger partial charge on any atom is 0.158 e. The fourth-order valence-electron chi connectivity index (χ4n) is 0.549. The fourth-order valence-corrected chi connectivity index (χ4v) is 0.549. The third-order valence-corrected chi connectivity index (χ3v) is 1.22. The third-order valence-electron chi connectivity index (χ3n) is 1.22. The van der Waals surface area contributed by atoms with Gasteiger partial charge >= 0.3 is 0 Å². The summed E-state index contributed by atoms with van der Waals surface area (Å²) in [6.45, 7) is 2.29. The van der Waals surface area contributed by atoms with Crippen LogP contribution in [0.2, 0.25) is 0 Å². The lowest BCUT2D eigenvalue weighted by Gasteiger charge is -2.07. The molecule has 0 saturated carbocycles. The number of rotatable bonds is 4. The molecule has 0 aliphatic carbocycles. The minimum Gasteiger partial charge on any atom is -0.498 e. The van der Waals surface area contributed by atoms with Crippen LogP contribution in [0.1, 0.15) is 6.92 Å². The summed E-state index contributed by atoms with van der Waals surface area (Å²) in [5.74, 6) is 1.48. The van der Waals surface area contributed by atoms with Gasteiger partial charge < -0.3 is 14.2 Å². The molecular formula is C7H14O3. The molecule has 60 valence electrons. The van der Waals surface area contributed by atoms with Gasteiger partial charge in [-0.25, -0.2) is 0 Å². The molecule has 0 N–H and O–H groups in total. The summed E-state index contributed by atoms with van der Waals surface area (Å²) in [4.78, 5) is 0. The van der Waals surface area contributed by atoms with Crippen LogP contribution in [0, 0.1) is 0 Å². The summed E-state index contributed by atoms with van der Waals surface area (Å²) in [5, 5.41) is 0. The van der Waals surface area contributed by atoms with Crippen molar-refractivity contribution in [3.05, 3.63) is 11.5 Å². The Morgan fingerprint density at radius 3 is 2.00 bits per heavy atom. The molecule has 0 aromatic heterocycles. The highest BCUT2D eigenvalue weighted by atomic mass is 16.5. The molecule has 0 aromatic rings. The highest BCUT2D eigenvalue weighted by molar-refractivity contribution is 4.98. The van der Waals surface area contributed by atoms with Gasteiger partial charge in [-0.15, -0.1) is 0 Å². The van der Waals surface area contributed by atoms with Crippen LogP contribution in [0.25, 0.3) is 0 Å². The summed E-state index contributed by atoms with van der Waals surface area (Å²) in [6, 6.07) is 0. The van der Waals surface area contributed by atoms with E-state index >= 15 is 0 Å². The molecule has 0 aliphatic heterocycles. The van der Waals surface area contributed by atoms with Gasteiger partial charge in [0.15, 0.2) is 5.76 Å². The number of hydrogen-bond donors (Lipinski definition) is 0. The molecule has 0 atom stereocenters. The Labute approximate surface area is 61.6 Å². The van der Waals surface area contributed by atoms with E-state index in [2.05, 4.69) is 0 Å². The predicted molar refractivity (Wildman–Crippen MR) is 38.6 cm³/mol. The van der Waals surface area contributed by atoms with E-state index in [0.29, 0.717) is 6.61 Å². The standard InChI is InChI=1S/C7H14O3/c1-6(9-3)7(10-4)5-8-2/h5H2,1-4H3/b7-6-. The van der Waals surface area contributed by atoms with Crippen LogP contribution in [-0.2, 0) is 14.2 Å². The number of ether oxygens (including phenoxy) is 3. The maximum absolute atomic E-state index is 4.97. The van der Waals surface area contributed by atoms with Crippen LogP contribution in [0.15, 0.2) is 11.5 Å². The SMILES string of the molecule is COC/C(OC)=C(\C)OC. The van der Waals surface area contributed by atoms with Gasteiger partial charge in [0.2, 0.25) is 0 Å². The smallest absolute Gasteiger partial charge is 0.158 e. The van der Waals surface area contributed by atoms with Crippen molar-refractivity contribution < 1.29 is 14.2 Å². The molecule has 10 heavy (non-hydrogen) atoms. The second-order valence-electron chi connectivity index (χ2n) is 1.82. The molecule has 3 heteroatoms. The topological polar surface area (TPSA) is 27.7 Å². The zero-order chi connectivity index (χ0) is 7.98. The molecule has 0 bridgehead atoms. The van der Waals surface area contributed by atoms with E-state index in [-0.39, 0.29) is 0 Å². The summed E-state index contributed by atoms with van der Waals surface area (Å²) in [7, 11) is 4.81. The van der Waals surface area contributed by atoms with Crippen LogP contribution in [0.3, 0.4) is 0 Å². The van der Waals surface area contributed by atoms with Crippen LogP contribution < -0.4 is 0 Å². The van der Waals surface area contributed by atoms with Crippen LogP contribution in [-0.4, -0.2) is 27.9 Å². The predicted octanol–water partition coefficient (Wildman–Crippen LogP) is 1.16. The van der Waals surface area contributed by atoms with Crippen molar-refractivity contribution >= 4 is 0 Å². The Morgan fingerprint density at radius 1 is 1.10 bits per heavy atom. The molecule has 0 heterocycles. The van der Waals surface area contributed by atoms with Crippen molar-refractivity contribution in [3.63, 3.8) is 0 Å². The summed E-state index contributed by atoms with van der Waals surface area (Å²) in [6.07, 6.45) is 0. The zero-order valence-corrected chi connectivity index (χ0v) is 6.93. The zero-order valence-electron chi connectivity index (χ0n) is 6.93. The molecular weight excluding hydrogens is 132 g/mol. The van der Waals surface area contributed by atoms with E-state index < -0.39 is 0 Å². The number of hydrogen-bond acceptors (Lipinski definition) is 3. The molecule has 0 rings (SSSR count). The van der Waals surface area contributed by atoms with Gasteiger partial charge in [-0.1, -0.05) is 0 Å². The van der Waals surface area contributed by atoms with E-state index in [9.17, 15) is 0 Å². The number of allylic oxidation sites excluding steroid dienone is 1. The highest BCUT2D eigenvalue weighted by Crippen LogP contribution is 2.04. The van der Waals surface area contributed by atoms with E-state index in [4.69, 9.17) is 14.2 Å². The molecule has 0 spiro atoms. The van der Waals surface area contributed by atoms with E-state index in [1.807, 2.05) is 6.92 Å². The highest BCUT2D eigenvalue weighted by Gasteiger charge is 2.00. The van der Waals surface area contributed by atoms with Gasteiger partial charge in [-0.3, -0.25) is 0 Å². The first-order valence-electron chi connectivity index (χ1n) is 3.03. The first kappa shape index (κ1) is 9.30. The lowest BCUT2D eigenvalue weighted by atomic mass is 10.4. The molecule has 0 unspecified atom stereocenters. The van der Waals surface area contributed by atoms with Gasteiger partial charge in [0.1, 0.15) is 12.4 Å². The largest absolute Gasteiger partial charge is 0.498 e. The van der Waals surface area contributed by atoms with Crippen molar-refractivity contribution in [3.8, 4) is 0 Å². The van der Waals surface area contributed by atoms with Crippen LogP contribution in [0.5, 0.6) is 0 Å². The van der Waals surface area contributed by atoms with Gasteiger partial charge in [-0.05, 0) is 6.92 Å². The molecule has 3 nitrogen and oxygen atoms in total. The number of methoxy groups -OCH3 is 3. The van der Waals surface area contributed by atoms with E-state index in [1.54, 1.807) is 21.3 Å². The molecule has 0 aromatic carbocycles. The average molecular weight is 146 g/mol. The fraction of sp³-hybridized carbons (Fsp3) is 0.714. The Bertz CT molecular complexity index is 118. The van der Waals surface area contributed by atoms with Gasteiger partial charge in [-0.2, -0.15) is 0 Å². The summed E-state index contributed by atoms with van der Waals surface area (Å²) in [5.41, 5.74) is 0. The Balaban J connectivity index is 4.00. The molecule has 0 aliphatic rings. The van der Waals surface area contributed by atoms with Crippen molar-refractivity contribution in [1.29, 1.82) is 0 Å². The van der Waals surface area contributed by atoms with Crippen LogP contribution in [0.4, 0.5) is 0 Å². The first-order valence-corrected chi connectivity index (χ1v) is 3.03. The van der Waals surface area contributed by atoms with E-state index in [0.717, 1.165) is 11.5 Å². The monoisotopic (exact) mass is 146 g/mol. The Hall–Kier alpha value is -0.700. The third kappa shape index (κ3) is 2.73. The first-order chi connectivity index (χ1) is 4.76. The van der Waals surface area contributed by atoms with Crippen molar-refractivity contribution in [2.45, 2.75) is 6.92 Å². The van der Waals surface area contributed by atoms with Crippen molar-refractivity contribution in [1.82, 2.24) is 0 Å². The van der Waals surface area contributed by atoms with Crippen LogP contribution >= 0.6 is 0 Å². The Kier molecular flexibility index (Phi) is 4.76. The van der Waals surface area contributed by atoms with E-state index in [1.165, 1.54) is 0 Å². The minimum atomic E-state index is 0.455. The lowest BCUT2D eigenvalue weighted by molar-refractivity contribution is 0.138. The lowest BCUT2D eigenvalue weighted by Crippen LogP contribution is -2.01. The molecule has 0 saturated heterocycles. The van der Waals surface area contributed by atoms with Gasteiger partial charge in [0.05, 0.1) is 14.2 Å². The second-order valence-corrected chi connectivity index (χ2v) is 1.82. The quantitative estimate of drug-likeness (QED) is 0.557. The summed E-state index contributed by atoms with van der Waals surface area (Å²) < 4.78 is 14.8. The average Bonchev–Trinajstić information content (AvgIpc) is 1.99. The molecule has 0 radical (unpaired) electrons. The molecule has 0 fully saturated rings. The normalized spacial score (nSPS) is 12.4. The minimum absolute atomic E-state index is 0.455. The van der Waals surface area contributed by atoms with Gasteiger partial charge in [0.25, 0.3) is 0 Å². The van der Waals surface area contributed by atoms with Gasteiger partial charge in [0, 0.05) is 7.11 Å².